The van der Waals surface area contributed by atoms with Crippen LogP contribution in [0.3, 0.4) is 0 Å². The zero-order valence-corrected chi connectivity index (χ0v) is 12.3. The van der Waals surface area contributed by atoms with Gasteiger partial charge in [-0.15, -0.1) is 0 Å². The van der Waals surface area contributed by atoms with Crippen molar-refractivity contribution in [2.45, 2.75) is 44.7 Å². The Hall–Kier alpha value is -1.13. The number of methoxy groups -OCH3 is 1. The number of hydrogen-bond acceptors (Lipinski definition) is 3. The molecule has 1 aromatic carbocycles. The Balaban J connectivity index is 2.07. The van der Waals surface area contributed by atoms with Gasteiger partial charge >= 0.3 is 0 Å². The molecule has 0 bridgehead atoms. The number of halogens is 1. The second kappa shape index (κ2) is 6.55. The van der Waals surface area contributed by atoms with E-state index in [0.717, 1.165) is 19.3 Å². The van der Waals surface area contributed by atoms with Gasteiger partial charge in [0.1, 0.15) is 0 Å². The van der Waals surface area contributed by atoms with Gasteiger partial charge in [0.05, 0.1) is 13.7 Å². The van der Waals surface area contributed by atoms with E-state index < -0.39 is 0 Å². The Labute approximate surface area is 120 Å². The van der Waals surface area contributed by atoms with Gasteiger partial charge in [0, 0.05) is 17.6 Å². The first-order valence-corrected chi connectivity index (χ1v) is 7.27. The van der Waals surface area contributed by atoms with Crippen LogP contribution in [0.1, 0.15) is 38.2 Å². The SMILES string of the molecule is COc1cccc(CNC2(CO)CCCC(C)C2)c1F. The highest BCUT2D eigenvalue weighted by molar-refractivity contribution is 5.31. The monoisotopic (exact) mass is 281 g/mol. The van der Waals surface area contributed by atoms with Crippen LogP contribution in [-0.4, -0.2) is 24.4 Å². The summed E-state index contributed by atoms with van der Waals surface area (Å²) < 4.78 is 19.1. The van der Waals surface area contributed by atoms with Crippen LogP contribution in [0.25, 0.3) is 0 Å². The summed E-state index contributed by atoms with van der Waals surface area (Å²) in [5, 5.41) is 13.1. The third-order valence-electron chi connectivity index (χ3n) is 4.31. The van der Waals surface area contributed by atoms with Crippen LogP contribution in [0, 0.1) is 11.7 Å². The minimum absolute atomic E-state index is 0.100. The number of ether oxygens (including phenoxy) is 1. The molecule has 112 valence electrons. The predicted octanol–water partition coefficient (Wildman–Crippen LogP) is 2.87. The molecule has 1 aliphatic carbocycles. The van der Waals surface area contributed by atoms with Crippen molar-refractivity contribution in [3.8, 4) is 5.75 Å². The van der Waals surface area contributed by atoms with Crippen molar-refractivity contribution in [3.05, 3.63) is 29.6 Å². The molecule has 2 atom stereocenters. The summed E-state index contributed by atoms with van der Waals surface area (Å²) in [6.45, 7) is 2.72. The molecule has 1 saturated carbocycles. The summed E-state index contributed by atoms with van der Waals surface area (Å²) in [5.74, 6) is 0.539. The molecule has 0 radical (unpaired) electrons. The highest BCUT2D eigenvalue weighted by Gasteiger charge is 2.34. The van der Waals surface area contributed by atoms with Crippen molar-refractivity contribution in [1.82, 2.24) is 5.32 Å². The molecule has 1 aliphatic rings. The lowest BCUT2D eigenvalue weighted by Crippen LogP contribution is -2.51. The molecule has 0 saturated heterocycles. The first kappa shape index (κ1) is 15.3. The Morgan fingerprint density at radius 1 is 1.50 bits per heavy atom. The Kier molecular flexibility index (Phi) is 5.00. The second-order valence-electron chi connectivity index (χ2n) is 5.93. The third-order valence-corrected chi connectivity index (χ3v) is 4.31. The van der Waals surface area contributed by atoms with Crippen LogP contribution in [0.2, 0.25) is 0 Å². The smallest absolute Gasteiger partial charge is 0.169 e. The number of aliphatic hydroxyl groups excluding tert-OH is 1. The maximum absolute atomic E-state index is 14.1. The lowest BCUT2D eigenvalue weighted by atomic mass is 9.77. The average Bonchev–Trinajstić information content (AvgIpc) is 2.46. The zero-order chi connectivity index (χ0) is 14.6. The fourth-order valence-electron chi connectivity index (χ4n) is 3.15. The first-order chi connectivity index (χ1) is 9.60. The molecule has 2 N–H and O–H groups in total. The van der Waals surface area contributed by atoms with E-state index in [1.807, 2.05) is 0 Å². The molecule has 1 aromatic rings. The van der Waals surface area contributed by atoms with Crippen LogP contribution in [-0.2, 0) is 6.54 Å². The summed E-state index contributed by atoms with van der Waals surface area (Å²) in [6, 6.07) is 5.15. The van der Waals surface area contributed by atoms with Gasteiger partial charge in [-0.2, -0.15) is 0 Å². The number of hydrogen-bond donors (Lipinski definition) is 2. The lowest BCUT2D eigenvalue weighted by Gasteiger charge is -2.39. The molecule has 0 amide bonds. The molecule has 1 fully saturated rings. The molecule has 0 aliphatic heterocycles. The Morgan fingerprint density at radius 2 is 2.30 bits per heavy atom. The fourth-order valence-corrected chi connectivity index (χ4v) is 3.15. The van der Waals surface area contributed by atoms with Gasteiger partial charge in [0.15, 0.2) is 11.6 Å². The molecular weight excluding hydrogens is 257 g/mol. The third kappa shape index (κ3) is 3.30. The van der Waals surface area contributed by atoms with Gasteiger partial charge in [0.2, 0.25) is 0 Å². The highest BCUT2D eigenvalue weighted by Crippen LogP contribution is 2.32. The van der Waals surface area contributed by atoms with Crippen molar-refractivity contribution >= 4 is 0 Å². The quantitative estimate of drug-likeness (QED) is 0.872. The van der Waals surface area contributed by atoms with Gasteiger partial charge in [-0.1, -0.05) is 31.9 Å². The number of nitrogens with one attached hydrogen (secondary N) is 1. The van der Waals surface area contributed by atoms with Crippen LogP contribution in [0.5, 0.6) is 5.75 Å². The van der Waals surface area contributed by atoms with E-state index in [4.69, 9.17) is 4.74 Å². The van der Waals surface area contributed by atoms with E-state index in [9.17, 15) is 9.50 Å². The van der Waals surface area contributed by atoms with Crippen molar-refractivity contribution in [1.29, 1.82) is 0 Å². The van der Waals surface area contributed by atoms with Crippen molar-refractivity contribution in [3.63, 3.8) is 0 Å². The zero-order valence-electron chi connectivity index (χ0n) is 12.3. The highest BCUT2D eigenvalue weighted by atomic mass is 19.1. The molecule has 2 rings (SSSR count). The van der Waals surface area contributed by atoms with Gasteiger partial charge in [0.25, 0.3) is 0 Å². The Morgan fingerprint density at radius 3 is 2.95 bits per heavy atom. The van der Waals surface area contributed by atoms with Crippen LogP contribution in [0.15, 0.2) is 18.2 Å². The van der Waals surface area contributed by atoms with E-state index in [2.05, 4.69) is 12.2 Å². The molecule has 0 aromatic heterocycles. The summed E-state index contributed by atoms with van der Waals surface area (Å²) >= 11 is 0. The molecule has 4 heteroatoms. The van der Waals surface area contributed by atoms with E-state index in [0.29, 0.717) is 18.0 Å². The number of benzene rings is 1. The molecule has 2 unspecified atom stereocenters. The minimum Gasteiger partial charge on any atom is -0.494 e. The topological polar surface area (TPSA) is 41.5 Å². The van der Waals surface area contributed by atoms with Crippen LogP contribution in [0.4, 0.5) is 4.39 Å². The summed E-state index contributed by atoms with van der Waals surface area (Å²) in [7, 11) is 1.47. The van der Waals surface area contributed by atoms with Gasteiger partial charge in [-0.3, -0.25) is 0 Å². The summed E-state index contributed by atoms with van der Waals surface area (Å²) in [5.41, 5.74) is 0.308. The maximum Gasteiger partial charge on any atom is 0.169 e. The van der Waals surface area contributed by atoms with E-state index in [1.165, 1.54) is 13.5 Å². The van der Waals surface area contributed by atoms with E-state index in [1.54, 1.807) is 18.2 Å². The van der Waals surface area contributed by atoms with E-state index in [-0.39, 0.29) is 23.7 Å². The fraction of sp³-hybridized carbons (Fsp3) is 0.625. The normalized spacial score (nSPS) is 26.5. The van der Waals surface area contributed by atoms with Gasteiger partial charge < -0.3 is 15.2 Å². The second-order valence-corrected chi connectivity index (χ2v) is 5.93. The molecule has 0 heterocycles. The van der Waals surface area contributed by atoms with E-state index >= 15 is 0 Å². The largest absolute Gasteiger partial charge is 0.494 e. The standard InChI is InChI=1S/C16H24FNO2/c1-12-5-4-8-16(9-12,11-19)18-10-13-6-3-7-14(20-2)15(13)17/h3,6-7,12,18-19H,4-5,8-11H2,1-2H3. The van der Waals surface area contributed by atoms with Crippen molar-refractivity contribution < 1.29 is 14.2 Å². The van der Waals surface area contributed by atoms with Gasteiger partial charge in [-0.05, 0) is 24.8 Å². The van der Waals surface area contributed by atoms with Crippen molar-refractivity contribution in [2.24, 2.45) is 5.92 Å². The lowest BCUT2D eigenvalue weighted by molar-refractivity contribution is 0.0979. The van der Waals surface area contributed by atoms with Crippen LogP contribution < -0.4 is 10.1 Å². The molecule has 0 spiro atoms. The summed E-state index contributed by atoms with van der Waals surface area (Å²) in [6.07, 6.45) is 4.20. The van der Waals surface area contributed by atoms with Gasteiger partial charge in [-0.25, -0.2) is 4.39 Å². The first-order valence-electron chi connectivity index (χ1n) is 7.27. The average molecular weight is 281 g/mol. The number of rotatable bonds is 5. The summed E-state index contributed by atoms with van der Waals surface area (Å²) in [4.78, 5) is 0. The molecule has 3 nitrogen and oxygen atoms in total. The molecule has 20 heavy (non-hydrogen) atoms. The minimum atomic E-state index is -0.320. The number of aliphatic hydroxyl groups is 1. The Bertz CT molecular complexity index is 452. The predicted molar refractivity (Wildman–Crippen MR) is 77.2 cm³/mol. The van der Waals surface area contributed by atoms with Crippen LogP contribution >= 0.6 is 0 Å². The maximum atomic E-state index is 14.1. The molecular formula is C16H24FNO2. The van der Waals surface area contributed by atoms with Crippen molar-refractivity contribution in [2.75, 3.05) is 13.7 Å².